The summed E-state index contributed by atoms with van der Waals surface area (Å²) in [5.74, 6) is 0.859. The summed E-state index contributed by atoms with van der Waals surface area (Å²) in [6.07, 6.45) is 6.11. The predicted molar refractivity (Wildman–Crippen MR) is 74.6 cm³/mol. The molecule has 0 amide bonds. The van der Waals surface area contributed by atoms with E-state index in [4.69, 9.17) is 10.5 Å². The van der Waals surface area contributed by atoms with Crippen molar-refractivity contribution >= 4 is 0 Å². The minimum Gasteiger partial charge on any atom is -0.497 e. The topological polar surface area (TPSA) is 47.3 Å². The molecule has 2 unspecified atom stereocenters. The van der Waals surface area contributed by atoms with Gasteiger partial charge in [0.15, 0.2) is 0 Å². The lowest BCUT2D eigenvalue weighted by Crippen LogP contribution is -2.48. The Labute approximate surface area is 108 Å². The molecule has 3 heteroatoms. The van der Waals surface area contributed by atoms with Crippen molar-refractivity contribution < 1.29 is 4.74 Å². The van der Waals surface area contributed by atoms with E-state index in [1.54, 1.807) is 7.11 Å². The zero-order valence-corrected chi connectivity index (χ0v) is 11.1. The van der Waals surface area contributed by atoms with Crippen LogP contribution in [0, 0.1) is 0 Å². The summed E-state index contributed by atoms with van der Waals surface area (Å²) in [6.45, 7) is 2.16. The molecule has 0 heterocycles. The van der Waals surface area contributed by atoms with E-state index in [1.807, 2.05) is 31.3 Å². The third-order valence-corrected chi connectivity index (χ3v) is 3.80. The summed E-state index contributed by atoms with van der Waals surface area (Å²) in [6, 6.07) is 8.28. The number of nitrogens with one attached hydrogen (secondary N) is 1. The molecule has 0 spiro atoms. The van der Waals surface area contributed by atoms with E-state index in [2.05, 4.69) is 30.4 Å². The first-order valence-corrected chi connectivity index (χ1v) is 6.09. The molecule has 1 aliphatic rings. The molecule has 96 valence electrons. The van der Waals surface area contributed by atoms with Crippen molar-refractivity contribution in [3.63, 3.8) is 0 Å². The Morgan fingerprint density at radius 1 is 1.28 bits per heavy atom. The minimum atomic E-state index is -0.226. The molecule has 0 saturated heterocycles. The molecule has 1 aromatic rings. The third kappa shape index (κ3) is 1.91. The van der Waals surface area contributed by atoms with Gasteiger partial charge in [0.2, 0.25) is 0 Å². The van der Waals surface area contributed by atoms with Crippen LogP contribution in [-0.2, 0) is 5.41 Å². The molecule has 0 fully saturated rings. The van der Waals surface area contributed by atoms with Gasteiger partial charge in [-0.25, -0.2) is 0 Å². The lowest BCUT2D eigenvalue weighted by molar-refractivity contribution is 0.411. The standard InChI is InChI=1S/C15H20N2O/c1-15(11-7-9-12(18-3)10-8-11)13(16)5-4-6-14(15)17-2/h4-10,14,17H,16H2,1-3H3. The lowest BCUT2D eigenvalue weighted by Gasteiger charge is -2.39. The van der Waals surface area contributed by atoms with Crippen LogP contribution in [-0.4, -0.2) is 20.2 Å². The van der Waals surface area contributed by atoms with E-state index < -0.39 is 0 Å². The molecule has 1 aromatic carbocycles. The zero-order valence-electron chi connectivity index (χ0n) is 11.1. The average Bonchev–Trinajstić information content (AvgIpc) is 2.42. The second-order valence-electron chi connectivity index (χ2n) is 4.70. The molecule has 0 aromatic heterocycles. The first-order valence-electron chi connectivity index (χ1n) is 6.09. The fourth-order valence-corrected chi connectivity index (χ4v) is 2.48. The van der Waals surface area contributed by atoms with Crippen LogP contribution in [0.1, 0.15) is 12.5 Å². The van der Waals surface area contributed by atoms with E-state index in [1.165, 1.54) is 5.56 Å². The number of rotatable bonds is 3. The molecule has 3 N–H and O–H groups in total. The quantitative estimate of drug-likeness (QED) is 0.854. The Kier molecular flexibility index (Phi) is 3.43. The van der Waals surface area contributed by atoms with Crippen LogP contribution in [0.2, 0.25) is 0 Å². The molecule has 2 rings (SSSR count). The van der Waals surface area contributed by atoms with Gasteiger partial charge in [-0.3, -0.25) is 0 Å². The highest BCUT2D eigenvalue weighted by molar-refractivity contribution is 5.44. The highest BCUT2D eigenvalue weighted by atomic mass is 16.5. The van der Waals surface area contributed by atoms with Gasteiger partial charge in [-0.2, -0.15) is 0 Å². The Bertz CT molecular complexity index is 476. The molecule has 3 nitrogen and oxygen atoms in total. The molecule has 1 aliphatic carbocycles. The highest BCUT2D eigenvalue weighted by Gasteiger charge is 2.37. The van der Waals surface area contributed by atoms with Crippen LogP contribution in [0.3, 0.4) is 0 Å². The van der Waals surface area contributed by atoms with Crippen molar-refractivity contribution in [2.75, 3.05) is 14.2 Å². The van der Waals surface area contributed by atoms with Crippen molar-refractivity contribution in [3.8, 4) is 5.75 Å². The molecule has 2 atom stereocenters. The summed E-state index contributed by atoms with van der Waals surface area (Å²) < 4.78 is 5.19. The highest BCUT2D eigenvalue weighted by Crippen LogP contribution is 2.36. The smallest absolute Gasteiger partial charge is 0.118 e. The maximum Gasteiger partial charge on any atom is 0.118 e. The van der Waals surface area contributed by atoms with Crippen LogP contribution in [0.15, 0.2) is 48.2 Å². The summed E-state index contributed by atoms with van der Waals surface area (Å²) in [5.41, 5.74) is 8.05. The van der Waals surface area contributed by atoms with Gasteiger partial charge in [0.25, 0.3) is 0 Å². The van der Waals surface area contributed by atoms with Gasteiger partial charge >= 0.3 is 0 Å². The number of methoxy groups -OCH3 is 1. The van der Waals surface area contributed by atoms with Crippen molar-refractivity contribution in [1.29, 1.82) is 0 Å². The number of allylic oxidation sites excluding steroid dienone is 2. The predicted octanol–water partition coefficient (Wildman–Crippen LogP) is 1.95. The van der Waals surface area contributed by atoms with E-state index in [9.17, 15) is 0 Å². The van der Waals surface area contributed by atoms with E-state index in [0.29, 0.717) is 0 Å². The molecule has 0 bridgehead atoms. The van der Waals surface area contributed by atoms with E-state index in [0.717, 1.165) is 11.4 Å². The minimum absolute atomic E-state index is 0.191. The molecule has 0 saturated carbocycles. The van der Waals surface area contributed by atoms with E-state index in [-0.39, 0.29) is 11.5 Å². The molecule has 18 heavy (non-hydrogen) atoms. The van der Waals surface area contributed by atoms with Crippen LogP contribution in [0.25, 0.3) is 0 Å². The molecule has 0 radical (unpaired) electrons. The van der Waals surface area contributed by atoms with Crippen LogP contribution < -0.4 is 15.8 Å². The van der Waals surface area contributed by atoms with Crippen LogP contribution in [0.5, 0.6) is 5.75 Å². The number of benzene rings is 1. The number of nitrogens with two attached hydrogens (primary N) is 1. The summed E-state index contributed by atoms with van der Waals surface area (Å²) in [4.78, 5) is 0. The summed E-state index contributed by atoms with van der Waals surface area (Å²) in [5, 5.41) is 3.31. The Morgan fingerprint density at radius 2 is 1.94 bits per heavy atom. The lowest BCUT2D eigenvalue weighted by atomic mass is 9.71. The van der Waals surface area contributed by atoms with Gasteiger partial charge in [0.05, 0.1) is 12.5 Å². The maximum absolute atomic E-state index is 6.22. The van der Waals surface area contributed by atoms with Crippen molar-refractivity contribution in [1.82, 2.24) is 5.32 Å². The van der Waals surface area contributed by atoms with Gasteiger partial charge in [0, 0.05) is 11.7 Å². The first-order chi connectivity index (χ1) is 8.62. The molecular formula is C15H20N2O. The Morgan fingerprint density at radius 3 is 2.50 bits per heavy atom. The molecule has 0 aliphatic heterocycles. The average molecular weight is 244 g/mol. The summed E-state index contributed by atoms with van der Waals surface area (Å²) in [7, 11) is 3.63. The summed E-state index contributed by atoms with van der Waals surface area (Å²) >= 11 is 0. The van der Waals surface area contributed by atoms with Crippen molar-refractivity contribution in [3.05, 3.63) is 53.8 Å². The SMILES string of the molecule is CNC1C=CC=C(N)C1(C)c1ccc(OC)cc1. The van der Waals surface area contributed by atoms with E-state index >= 15 is 0 Å². The Hall–Kier alpha value is -1.74. The fraction of sp³-hybridized carbons (Fsp3) is 0.333. The second kappa shape index (κ2) is 4.86. The van der Waals surface area contributed by atoms with Gasteiger partial charge in [0.1, 0.15) is 5.75 Å². The molecular weight excluding hydrogens is 224 g/mol. The second-order valence-corrected chi connectivity index (χ2v) is 4.70. The van der Waals surface area contributed by atoms with Crippen LogP contribution in [0.4, 0.5) is 0 Å². The Balaban J connectivity index is 2.44. The van der Waals surface area contributed by atoms with Crippen molar-refractivity contribution in [2.45, 2.75) is 18.4 Å². The fourth-order valence-electron chi connectivity index (χ4n) is 2.48. The van der Waals surface area contributed by atoms with Crippen molar-refractivity contribution in [2.24, 2.45) is 5.73 Å². The number of hydrogen-bond donors (Lipinski definition) is 2. The normalized spacial score (nSPS) is 26.8. The monoisotopic (exact) mass is 244 g/mol. The van der Waals surface area contributed by atoms with Gasteiger partial charge in [-0.1, -0.05) is 24.3 Å². The number of ether oxygens (including phenoxy) is 1. The van der Waals surface area contributed by atoms with Gasteiger partial charge in [-0.05, 0) is 37.7 Å². The number of likely N-dealkylation sites (N-methyl/N-ethyl adjacent to an activating group) is 1. The van der Waals surface area contributed by atoms with Crippen LogP contribution >= 0.6 is 0 Å². The zero-order chi connectivity index (χ0) is 13.2. The number of hydrogen-bond acceptors (Lipinski definition) is 3. The third-order valence-electron chi connectivity index (χ3n) is 3.80. The van der Waals surface area contributed by atoms with Gasteiger partial charge < -0.3 is 15.8 Å². The largest absolute Gasteiger partial charge is 0.497 e. The maximum atomic E-state index is 6.22. The van der Waals surface area contributed by atoms with Gasteiger partial charge in [-0.15, -0.1) is 0 Å². The first kappa shape index (κ1) is 12.7.